The summed E-state index contributed by atoms with van der Waals surface area (Å²) in [4.78, 5) is 6.17. The smallest absolute Gasteiger partial charge is 0.190 e. The fourth-order valence-electron chi connectivity index (χ4n) is 2.91. The van der Waals surface area contributed by atoms with Gasteiger partial charge < -0.3 is 4.74 Å². The largest absolute Gasteiger partial charge is 0.470 e. The van der Waals surface area contributed by atoms with Gasteiger partial charge >= 0.3 is 0 Å². The Morgan fingerprint density at radius 1 is 0.826 bits per heavy atom. The lowest BCUT2D eigenvalue weighted by Crippen LogP contribution is -2.09. The highest BCUT2D eigenvalue weighted by atomic mass is 32.1. The second-order valence-corrected chi connectivity index (χ2v) is 6.62. The van der Waals surface area contributed by atoms with Crippen LogP contribution in [-0.2, 0) is 11.2 Å². The van der Waals surface area contributed by atoms with Crippen molar-refractivity contribution in [3.63, 3.8) is 0 Å². The van der Waals surface area contributed by atoms with Crippen LogP contribution in [0.15, 0.2) is 83.2 Å². The molecule has 4 rings (SSSR count). The van der Waals surface area contributed by atoms with E-state index in [-0.39, 0.29) is 12.1 Å². The predicted molar refractivity (Wildman–Crippen MR) is 94.9 cm³/mol. The number of nitrogens with zero attached hydrogens (tertiary/aromatic N) is 1. The number of benzene rings is 2. The summed E-state index contributed by atoms with van der Waals surface area (Å²) in [6, 6.07) is 25.0. The van der Waals surface area contributed by atoms with Gasteiger partial charge in [-0.3, -0.25) is 0 Å². The van der Waals surface area contributed by atoms with Gasteiger partial charge in [-0.15, -0.1) is 11.3 Å². The van der Waals surface area contributed by atoms with Crippen molar-refractivity contribution in [1.82, 2.24) is 0 Å². The number of thiophene rings is 1. The van der Waals surface area contributed by atoms with Crippen LogP contribution in [0.25, 0.3) is 0 Å². The Morgan fingerprint density at radius 3 is 2.17 bits per heavy atom. The summed E-state index contributed by atoms with van der Waals surface area (Å²) in [7, 11) is 0. The maximum atomic E-state index is 6.24. The van der Waals surface area contributed by atoms with Crippen LogP contribution in [0.3, 0.4) is 0 Å². The fraction of sp³-hybridized carbons (Fsp3) is 0.150. The van der Waals surface area contributed by atoms with Crippen LogP contribution >= 0.6 is 11.3 Å². The first kappa shape index (κ1) is 14.2. The van der Waals surface area contributed by atoms with Crippen molar-refractivity contribution in [3.8, 4) is 0 Å². The zero-order valence-electron chi connectivity index (χ0n) is 12.6. The van der Waals surface area contributed by atoms with E-state index >= 15 is 0 Å². The monoisotopic (exact) mass is 319 g/mol. The van der Waals surface area contributed by atoms with E-state index in [1.54, 1.807) is 11.3 Å². The molecule has 3 heteroatoms. The molecule has 0 aliphatic carbocycles. The number of aliphatic imine (C=N–C) groups is 1. The zero-order valence-corrected chi connectivity index (χ0v) is 13.4. The van der Waals surface area contributed by atoms with E-state index in [1.807, 2.05) is 12.1 Å². The average molecular weight is 319 g/mol. The van der Waals surface area contributed by atoms with Crippen LogP contribution in [0.5, 0.6) is 0 Å². The van der Waals surface area contributed by atoms with Crippen molar-refractivity contribution in [3.05, 3.63) is 94.2 Å². The summed E-state index contributed by atoms with van der Waals surface area (Å²) >= 11 is 1.74. The lowest BCUT2D eigenvalue weighted by molar-refractivity contribution is 0.193. The second-order valence-electron chi connectivity index (χ2n) is 5.58. The molecule has 1 aliphatic rings. The molecule has 2 nitrogen and oxygen atoms in total. The molecule has 0 saturated carbocycles. The van der Waals surface area contributed by atoms with Gasteiger partial charge in [0.15, 0.2) is 12.0 Å². The average Bonchev–Trinajstić information content (AvgIpc) is 3.27. The molecular weight excluding hydrogens is 302 g/mol. The van der Waals surface area contributed by atoms with E-state index in [9.17, 15) is 0 Å². The standard InChI is InChI=1S/C20H17NOS/c1-3-8-15(9-4-1)19-20(16-10-5-2-6-11-16)22-18(21-19)14-17-12-7-13-23-17/h1-13,19-20H,14H2. The zero-order chi connectivity index (χ0) is 15.5. The van der Waals surface area contributed by atoms with E-state index in [4.69, 9.17) is 9.73 Å². The van der Waals surface area contributed by atoms with E-state index in [0.717, 1.165) is 12.3 Å². The van der Waals surface area contributed by atoms with Gasteiger partial charge in [-0.1, -0.05) is 66.7 Å². The molecule has 0 fully saturated rings. The first-order valence-electron chi connectivity index (χ1n) is 7.76. The Labute approximate surface area is 140 Å². The van der Waals surface area contributed by atoms with Crippen molar-refractivity contribution in [2.45, 2.75) is 18.6 Å². The third-order valence-corrected chi connectivity index (χ3v) is 4.88. The minimum absolute atomic E-state index is 0.0218. The van der Waals surface area contributed by atoms with E-state index < -0.39 is 0 Å². The highest BCUT2D eigenvalue weighted by Crippen LogP contribution is 2.40. The van der Waals surface area contributed by atoms with Crippen molar-refractivity contribution >= 4 is 17.2 Å². The Balaban J connectivity index is 1.66. The van der Waals surface area contributed by atoms with Gasteiger partial charge in [-0.05, 0) is 22.6 Å². The van der Waals surface area contributed by atoms with E-state index in [2.05, 4.69) is 66.0 Å². The molecule has 114 valence electrons. The third-order valence-electron chi connectivity index (χ3n) is 4.01. The molecule has 0 radical (unpaired) electrons. The molecule has 0 saturated heterocycles. The Bertz CT molecular complexity index is 781. The van der Waals surface area contributed by atoms with Crippen molar-refractivity contribution in [2.24, 2.45) is 4.99 Å². The quantitative estimate of drug-likeness (QED) is 0.647. The Hall–Kier alpha value is -2.39. The normalized spacial score (nSPS) is 20.1. The summed E-state index contributed by atoms with van der Waals surface area (Å²) in [5, 5.41) is 2.09. The molecule has 1 aromatic heterocycles. The van der Waals surface area contributed by atoms with Crippen molar-refractivity contribution in [2.75, 3.05) is 0 Å². The summed E-state index contributed by atoms with van der Waals surface area (Å²) in [6.07, 6.45) is 0.721. The first-order valence-corrected chi connectivity index (χ1v) is 8.64. The molecule has 0 amide bonds. The molecule has 0 bridgehead atoms. The molecule has 2 atom stereocenters. The molecule has 23 heavy (non-hydrogen) atoms. The minimum Gasteiger partial charge on any atom is -0.470 e. The van der Waals surface area contributed by atoms with Gasteiger partial charge in [0.25, 0.3) is 0 Å². The summed E-state index contributed by atoms with van der Waals surface area (Å²) in [5.41, 5.74) is 2.37. The van der Waals surface area contributed by atoms with Gasteiger partial charge in [-0.2, -0.15) is 0 Å². The highest BCUT2D eigenvalue weighted by Gasteiger charge is 2.33. The number of hydrogen-bond acceptors (Lipinski definition) is 3. The molecule has 2 unspecified atom stereocenters. The minimum atomic E-state index is -0.0476. The SMILES string of the molecule is c1ccc(C2N=C(Cc3cccs3)OC2c2ccccc2)cc1. The lowest BCUT2D eigenvalue weighted by Gasteiger charge is -2.18. The Kier molecular flexibility index (Phi) is 3.95. The van der Waals surface area contributed by atoms with Crippen LogP contribution < -0.4 is 0 Å². The van der Waals surface area contributed by atoms with Gasteiger partial charge in [0.1, 0.15) is 6.04 Å². The molecule has 0 spiro atoms. The van der Waals surface area contributed by atoms with Crippen molar-refractivity contribution in [1.29, 1.82) is 0 Å². The summed E-state index contributed by atoms with van der Waals surface area (Å²) in [5.74, 6) is 0.829. The predicted octanol–water partition coefficient (Wildman–Crippen LogP) is 5.20. The van der Waals surface area contributed by atoms with Crippen LogP contribution in [0.4, 0.5) is 0 Å². The number of hydrogen-bond donors (Lipinski definition) is 0. The maximum Gasteiger partial charge on any atom is 0.190 e. The molecule has 3 aromatic rings. The first-order chi connectivity index (χ1) is 11.4. The van der Waals surface area contributed by atoms with Crippen LogP contribution in [0.1, 0.15) is 28.1 Å². The van der Waals surface area contributed by atoms with Gasteiger partial charge in [0, 0.05) is 4.88 Å². The van der Waals surface area contributed by atoms with Gasteiger partial charge in [0.2, 0.25) is 0 Å². The summed E-state index contributed by atoms with van der Waals surface area (Å²) in [6.45, 7) is 0. The number of ether oxygens (including phenoxy) is 1. The number of rotatable bonds is 4. The molecular formula is C20H17NOS. The van der Waals surface area contributed by atoms with Crippen LogP contribution in [0.2, 0.25) is 0 Å². The van der Waals surface area contributed by atoms with Crippen LogP contribution in [0, 0.1) is 0 Å². The molecule has 0 N–H and O–H groups in total. The van der Waals surface area contributed by atoms with Gasteiger partial charge in [0.05, 0.1) is 6.42 Å². The highest BCUT2D eigenvalue weighted by molar-refractivity contribution is 7.10. The third kappa shape index (κ3) is 3.06. The van der Waals surface area contributed by atoms with Gasteiger partial charge in [-0.25, -0.2) is 4.99 Å². The fourth-order valence-corrected chi connectivity index (χ4v) is 3.60. The van der Waals surface area contributed by atoms with Crippen molar-refractivity contribution < 1.29 is 4.74 Å². The Morgan fingerprint density at radius 2 is 1.52 bits per heavy atom. The second kappa shape index (κ2) is 6.39. The molecule has 1 aliphatic heterocycles. The van der Waals surface area contributed by atoms with Crippen LogP contribution in [-0.4, -0.2) is 5.90 Å². The maximum absolute atomic E-state index is 6.24. The topological polar surface area (TPSA) is 21.6 Å². The molecule has 2 aromatic carbocycles. The lowest BCUT2D eigenvalue weighted by atomic mass is 9.97. The van der Waals surface area contributed by atoms with E-state index in [1.165, 1.54) is 16.0 Å². The van der Waals surface area contributed by atoms with E-state index in [0.29, 0.717) is 0 Å². The summed E-state index contributed by atoms with van der Waals surface area (Å²) < 4.78 is 6.24. The molecule has 2 heterocycles.